The van der Waals surface area contributed by atoms with E-state index in [1.165, 1.54) is 17.1 Å². The first-order valence-corrected chi connectivity index (χ1v) is 4.03. The Kier molecular flexibility index (Phi) is 2.05. The molecule has 0 aliphatic rings. The minimum absolute atomic E-state index is 0.177. The summed E-state index contributed by atoms with van der Waals surface area (Å²) in [6.45, 7) is 0. The number of aromatic nitrogens is 4. The van der Waals surface area contributed by atoms with E-state index in [1.54, 1.807) is 0 Å². The van der Waals surface area contributed by atoms with Crippen molar-refractivity contribution in [2.24, 2.45) is 0 Å². The Morgan fingerprint density at radius 1 is 1.43 bits per heavy atom. The fourth-order valence-electron chi connectivity index (χ4n) is 0.891. The van der Waals surface area contributed by atoms with E-state index in [1.807, 2.05) is 0 Å². The molecule has 0 aromatic carbocycles. The summed E-state index contributed by atoms with van der Waals surface area (Å²) in [6, 6.07) is 0. The van der Waals surface area contributed by atoms with Gasteiger partial charge in [-0.15, -0.1) is 0 Å². The molecule has 0 unspecified atom stereocenters. The Morgan fingerprint density at radius 2 is 2.21 bits per heavy atom. The average molecular weight is 214 g/mol. The Morgan fingerprint density at radius 3 is 2.79 bits per heavy atom. The number of nitrogens with zero attached hydrogens (tertiary/aromatic N) is 4. The molecule has 0 saturated carbocycles. The molecular formula is C7H5ClFN5. The number of nitrogen functional groups attached to an aromatic ring is 1. The molecule has 0 bridgehead atoms. The number of anilines is 1. The summed E-state index contributed by atoms with van der Waals surface area (Å²) in [6.07, 6.45) is 3.89. The molecule has 0 atom stereocenters. The molecule has 7 heteroatoms. The van der Waals surface area contributed by atoms with Gasteiger partial charge in [-0.2, -0.15) is 10.1 Å². The van der Waals surface area contributed by atoms with Gasteiger partial charge < -0.3 is 5.73 Å². The van der Waals surface area contributed by atoms with Gasteiger partial charge in [0, 0.05) is 0 Å². The second-order valence-electron chi connectivity index (χ2n) is 2.51. The number of halogens is 2. The van der Waals surface area contributed by atoms with Crippen LogP contribution in [0.15, 0.2) is 18.6 Å². The number of rotatable bonds is 1. The van der Waals surface area contributed by atoms with Crippen molar-refractivity contribution in [3.05, 3.63) is 29.4 Å². The van der Waals surface area contributed by atoms with Crippen LogP contribution in [0.5, 0.6) is 0 Å². The first kappa shape index (κ1) is 8.89. The van der Waals surface area contributed by atoms with Gasteiger partial charge in [-0.05, 0) is 0 Å². The molecule has 72 valence electrons. The zero-order valence-corrected chi connectivity index (χ0v) is 7.61. The van der Waals surface area contributed by atoms with Crippen molar-refractivity contribution in [2.75, 3.05) is 5.73 Å². The lowest BCUT2D eigenvalue weighted by atomic mass is 10.6. The van der Waals surface area contributed by atoms with Crippen LogP contribution in [0.4, 0.5) is 10.2 Å². The lowest BCUT2D eigenvalue weighted by molar-refractivity contribution is 0.615. The lowest BCUT2D eigenvalue weighted by Gasteiger charge is -1.99. The number of nitrogens with two attached hydrogens (primary N) is 1. The summed E-state index contributed by atoms with van der Waals surface area (Å²) >= 11 is 5.64. The highest BCUT2D eigenvalue weighted by Crippen LogP contribution is 2.10. The van der Waals surface area contributed by atoms with E-state index < -0.39 is 5.82 Å². The quantitative estimate of drug-likeness (QED) is 0.768. The van der Waals surface area contributed by atoms with Gasteiger partial charge in [-0.3, -0.25) is 0 Å². The Bertz CT molecular complexity index is 469. The molecular weight excluding hydrogens is 209 g/mol. The minimum Gasteiger partial charge on any atom is -0.381 e. The summed E-state index contributed by atoms with van der Waals surface area (Å²) in [4.78, 5) is 7.39. The van der Waals surface area contributed by atoms with E-state index >= 15 is 0 Å². The zero-order chi connectivity index (χ0) is 10.1. The normalized spacial score (nSPS) is 10.4. The first-order valence-electron chi connectivity index (χ1n) is 3.65. The Balaban J connectivity index is 2.47. The maximum Gasteiger partial charge on any atom is 0.252 e. The molecule has 0 radical (unpaired) electrons. The van der Waals surface area contributed by atoms with E-state index in [4.69, 9.17) is 17.3 Å². The van der Waals surface area contributed by atoms with Gasteiger partial charge in [0.1, 0.15) is 0 Å². The Hall–Kier alpha value is -1.69. The summed E-state index contributed by atoms with van der Waals surface area (Å²) in [5, 5.41) is 4.28. The molecule has 2 aromatic rings. The van der Waals surface area contributed by atoms with Crippen molar-refractivity contribution >= 4 is 17.4 Å². The highest BCUT2D eigenvalue weighted by molar-refractivity contribution is 6.30. The molecule has 0 saturated heterocycles. The third-order valence-corrected chi connectivity index (χ3v) is 1.71. The fourth-order valence-corrected chi connectivity index (χ4v) is 1.03. The van der Waals surface area contributed by atoms with Crippen LogP contribution in [-0.2, 0) is 0 Å². The van der Waals surface area contributed by atoms with Crippen LogP contribution in [0.25, 0.3) is 5.95 Å². The van der Waals surface area contributed by atoms with E-state index in [0.29, 0.717) is 5.02 Å². The number of hydrogen-bond donors (Lipinski definition) is 1. The van der Waals surface area contributed by atoms with Gasteiger partial charge >= 0.3 is 0 Å². The first-order chi connectivity index (χ1) is 6.66. The topological polar surface area (TPSA) is 69.6 Å². The van der Waals surface area contributed by atoms with Crippen LogP contribution in [0.1, 0.15) is 0 Å². The highest BCUT2D eigenvalue weighted by atomic mass is 35.5. The standard InChI is InChI=1S/C7H5ClFN5/c8-4-1-12-14(3-4)7-11-2-5(9)6(10)13-7/h1-3H,(H2,10,11,13). The van der Waals surface area contributed by atoms with Crippen LogP contribution in [0, 0.1) is 5.82 Å². The smallest absolute Gasteiger partial charge is 0.252 e. The van der Waals surface area contributed by atoms with Crippen molar-refractivity contribution in [3.63, 3.8) is 0 Å². The molecule has 0 spiro atoms. The van der Waals surface area contributed by atoms with Crippen molar-refractivity contribution < 1.29 is 4.39 Å². The molecule has 14 heavy (non-hydrogen) atoms. The lowest BCUT2D eigenvalue weighted by Crippen LogP contribution is -2.05. The summed E-state index contributed by atoms with van der Waals surface area (Å²) in [7, 11) is 0. The predicted molar refractivity (Wildman–Crippen MR) is 48.5 cm³/mol. The van der Waals surface area contributed by atoms with Gasteiger partial charge in [0.15, 0.2) is 11.6 Å². The van der Waals surface area contributed by atoms with Crippen LogP contribution in [0.3, 0.4) is 0 Å². The van der Waals surface area contributed by atoms with Crippen molar-refractivity contribution in [2.45, 2.75) is 0 Å². The second-order valence-corrected chi connectivity index (χ2v) is 2.94. The van der Waals surface area contributed by atoms with E-state index in [9.17, 15) is 4.39 Å². The monoisotopic (exact) mass is 213 g/mol. The van der Waals surface area contributed by atoms with Crippen molar-refractivity contribution in [1.29, 1.82) is 0 Å². The molecule has 0 aliphatic carbocycles. The zero-order valence-electron chi connectivity index (χ0n) is 6.85. The second kappa shape index (κ2) is 3.22. The molecule has 5 nitrogen and oxygen atoms in total. The molecule has 2 aromatic heterocycles. The van der Waals surface area contributed by atoms with Crippen LogP contribution < -0.4 is 5.73 Å². The van der Waals surface area contributed by atoms with Gasteiger partial charge in [0.2, 0.25) is 0 Å². The van der Waals surface area contributed by atoms with Crippen LogP contribution in [0.2, 0.25) is 5.02 Å². The third-order valence-electron chi connectivity index (χ3n) is 1.51. The summed E-state index contributed by atoms with van der Waals surface area (Å²) in [5.41, 5.74) is 5.26. The highest BCUT2D eigenvalue weighted by Gasteiger charge is 2.05. The van der Waals surface area contributed by atoms with Crippen LogP contribution in [-0.4, -0.2) is 19.7 Å². The summed E-state index contributed by atoms with van der Waals surface area (Å²) in [5.74, 6) is -0.704. The predicted octanol–water partition coefficient (Wildman–Crippen LogP) is 1.04. The molecule has 2 heterocycles. The molecule has 0 aliphatic heterocycles. The largest absolute Gasteiger partial charge is 0.381 e. The summed E-state index contributed by atoms with van der Waals surface area (Å²) < 4.78 is 14.0. The molecule has 0 fully saturated rings. The SMILES string of the molecule is Nc1nc(-n2cc(Cl)cn2)ncc1F. The maximum atomic E-state index is 12.7. The average Bonchev–Trinajstić information content (AvgIpc) is 2.57. The molecule has 0 amide bonds. The Labute approximate surface area is 83.3 Å². The van der Waals surface area contributed by atoms with Crippen molar-refractivity contribution in [3.8, 4) is 5.95 Å². The van der Waals surface area contributed by atoms with Crippen molar-refractivity contribution in [1.82, 2.24) is 19.7 Å². The molecule has 2 N–H and O–H groups in total. The van der Waals surface area contributed by atoms with Gasteiger partial charge in [0.25, 0.3) is 5.95 Å². The van der Waals surface area contributed by atoms with Crippen LogP contribution >= 0.6 is 11.6 Å². The fraction of sp³-hybridized carbons (Fsp3) is 0. The minimum atomic E-state index is -0.660. The van der Waals surface area contributed by atoms with Gasteiger partial charge in [-0.1, -0.05) is 11.6 Å². The molecule has 2 rings (SSSR count). The van der Waals surface area contributed by atoms with E-state index in [-0.39, 0.29) is 11.8 Å². The third kappa shape index (κ3) is 1.51. The van der Waals surface area contributed by atoms with Gasteiger partial charge in [0.05, 0.1) is 23.6 Å². The van der Waals surface area contributed by atoms with E-state index in [0.717, 1.165) is 6.20 Å². The number of hydrogen-bond acceptors (Lipinski definition) is 4. The van der Waals surface area contributed by atoms with Gasteiger partial charge in [-0.25, -0.2) is 14.1 Å². The maximum absolute atomic E-state index is 12.7. The van der Waals surface area contributed by atoms with E-state index in [2.05, 4.69) is 15.1 Å².